The fourth-order valence-corrected chi connectivity index (χ4v) is 3.63. The van der Waals surface area contributed by atoms with E-state index in [0.717, 1.165) is 19.0 Å². The summed E-state index contributed by atoms with van der Waals surface area (Å²) in [6.45, 7) is 6.74. The first-order valence-electron chi connectivity index (χ1n) is 7.85. The number of hydrazine groups is 1. The molecule has 0 amide bonds. The number of likely N-dealkylation sites (tertiary alicyclic amines) is 1. The minimum absolute atomic E-state index is 0.831. The van der Waals surface area contributed by atoms with Crippen LogP contribution in [0.25, 0.3) is 0 Å². The summed E-state index contributed by atoms with van der Waals surface area (Å²) >= 11 is 0. The zero-order chi connectivity index (χ0) is 13.9. The van der Waals surface area contributed by atoms with Gasteiger partial charge in [-0.15, -0.1) is 0 Å². The molecule has 0 atom stereocenters. The summed E-state index contributed by atoms with van der Waals surface area (Å²) in [5.74, 6) is 6.15. The summed E-state index contributed by atoms with van der Waals surface area (Å²) < 4.78 is 0. The van der Waals surface area contributed by atoms with Crippen LogP contribution in [0.4, 0.5) is 0 Å². The molecule has 2 aliphatic rings. The van der Waals surface area contributed by atoms with Crippen molar-refractivity contribution in [1.29, 1.82) is 0 Å². The van der Waals surface area contributed by atoms with E-state index in [2.05, 4.69) is 36.7 Å². The molecule has 0 aromatic heterocycles. The molecule has 1 aromatic carbocycles. The first-order valence-corrected chi connectivity index (χ1v) is 7.85. The number of benzene rings is 1. The Labute approximate surface area is 123 Å². The fourth-order valence-electron chi connectivity index (χ4n) is 3.63. The Morgan fingerprint density at radius 2 is 2.25 bits per heavy atom. The summed E-state index contributed by atoms with van der Waals surface area (Å²) in [6.07, 6.45) is 4.90. The van der Waals surface area contributed by atoms with Crippen molar-refractivity contribution >= 4 is 7.28 Å². The van der Waals surface area contributed by atoms with Gasteiger partial charge in [0.2, 0.25) is 0 Å². The van der Waals surface area contributed by atoms with Crippen molar-refractivity contribution in [3.05, 3.63) is 34.4 Å². The number of hydrogen-bond acceptors (Lipinski definition) is 3. The van der Waals surface area contributed by atoms with Crippen molar-refractivity contribution in [3.8, 4) is 0 Å². The van der Waals surface area contributed by atoms with E-state index in [9.17, 15) is 0 Å². The largest absolute Gasteiger partial charge is 0.301 e. The molecule has 0 spiro atoms. The minimum Gasteiger partial charge on any atom is -0.301 e. The molecular formula is C16H25BN3. The molecule has 0 saturated carbocycles. The van der Waals surface area contributed by atoms with Crippen molar-refractivity contribution in [2.75, 3.05) is 26.2 Å². The normalized spacial score (nSPS) is 19.3. The summed E-state index contributed by atoms with van der Waals surface area (Å²) in [4.78, 5) is 2.48. The van der Waals surface area contributed by atoms with Crippen LogP contribution in [0.3, 0.4) is 0 Å². The second kappa shape index (κ2) is 6.29. The van der Waals surface area contributed by atoms with Gasteiger partial charge >= 0.3 is 0 Å². The van der Waals surface area contributed by atoms with Gasteiger partial charge in [0.15, 0.2) is 0 Å². The lowest BCUT2D eigenvalue weighted by Crippen LogP contribution is -2.50. The van der Waals surface area contributed by atoms with E-state index in [1.807, 2.05) is 0 Å². The number of fused-ring (bicyclic) bond motifs is 1. The van der Waals surface area contributed by atoms with Gasteiger partial charge in [0.1, 0.15) is 7.28 Å². The molecular weight excluding hydrogens is 245 g/mol. The highest BCUT2D eigenvalue weighted by molar-refractivity contribution is 6.35. The summed E-state index contributed by atoms with van der Waals surface area (Å²) in [7, 11) is 2.43. The predicted molar refractivity (Wildman–Crippen MR) is 85.0 cm³/mol. The maximum absolute atomic E-state index is 5.32. The van der Waals surface area contributed by atoms with Crippen LogP contribution in [-0.2, 0) is 19.2 Å². The monoisotopic (exact) mass is 270 g/mol. The van der Waals surface area contributed by atoms with Gasteiger partial charge in [0, 0.05) is 26.2 Å². The van der Waals surface area contributed by atoms with Crippen molar-refractivity contribution in [1.82, 2.24) is 10.3 Å². The summed E-state index contributed by atoms with van der Waals surface area (Å²) in [6, 6.07) is 4.75. The number of aryl methyl sites for hydroxylation is 1. The van der Waals surface area contributed by atoms with Gasteiger partial charge in [-0.2, -0.15) is 0 Å². The Morgan fingerprint density at radius 3 is 3.05 bits per heavy atom. The summed E-state index contributed by atoms with van der Waals surface area (Å²) in [5.41, 5.74) is 9.05. The molecule has 4 heteroatoms. The van der Waals surface area contributed by atoms with Gasteiger partial charge < -0.3 is 4.90 Å². The minimum atomic E-state index is 0.831. The van der Waals surface area contributed by atoms with Crippen molar-refractivity contribution in [2.24, 2.45) is 11.8 Å². The second-order valence-corrected chi connectivity index (χ2v) is 6.30. The van der Waals surface area contributed by atoms with E-state index in [4.69, 9.17) is 5.84 Å². The molecule has 1 aromatic rings. The van der Waals surface area contributed by atoms with E-state index in [1.165, 1.54) is 38.6 Å². The molecule has 2 aliphatic heterocycles. The lowest BCUT2D eigenvalue weighted by Gasteiger charge is -2.39. The summed E-state index contributed by atoms with van der Waals surface area (Å²) in [5, 5.41) is 0. The van der Waals surface area contributed by atoms with Gasteiger partial charge in [-0.25, -0.2) is 0 Å². The highest BCUT2D eigenvalue weighted by Gasteiger charge is 2.27. The van der Waals surface area contributed by atoms with Gasteiger partial charge in [-0.3, -0.25) is 11.3 Å². The molecule has 0 aliphatic carbocycles. The molecule has 3 rings (SSSR count). The third-order valence-electron chi connectivity index (χ3n) is 4.89. The number of rotatable bonds is 5. The van der Waals surface area contributed by atoms with Crippen molar-refractivity contribution in [2.45, 2.75) is 32.4 Å². The topological polar surface area (TPSA) is 41.3 Å². The second-order valence-electron chi connectivity index (χ2n) is 6.30. The average Bonchev–Trinajstić information content (AvgIpc) is 2.44. The van der Waals surface area contributed by atoms with E-state index >= 15 is 0 Å². The quantitative estimate of drug-likeness (QED) is 0.478. The maximum Gasteiger partial charge on any atom is 0.115 e. The van der Waals surface area contributed by atoms with E-state index < -0.39 is 0 Å². The molecule has 3 nitrogen and oxygen atoms in total. The maximum atomic E-state index is 5.32. The number of nitrogens with two attached hydrogens (primary N) is 1. The lowest BCUT2D eigenvalue weighted by molar-refractivity contribution is 0.102. The number of nitrogens with one attached hydrogen (secondary N) is 1. The van der Waals surface area contributed by atoms with Crippen LogP contribution >= 0.6 is 0 Å². The molecule has 1 radical (unpaired) electrons. The molecule has 2 heterocycles. The average molecular weight is 270 g/mol. The van der Waals surface area contributed by atoms with Gasteiger partial charge in [0.25, 0.3) is 0 Å². The van der Waals surface area contributed by atoms with Crippen LogP contribution in [0.5, 0.6) is 0 Å². The third-order valence-corrected chi connectivity index (χ3v) is 4.89. The van der Waals surface area contributed by atoms with Crippen LogP contribution in [0.1, 0.15) is 22.3 Å². The molecule has 3 N–H and O–H groups in total. The molecule has 1 fully saturated rings. The van der Waals surface area contributed by atoms with Gasteiger partial charge in [0.05, 0.1) is 0 Å². The molecule has 0 bridgehead atoms. The van der Waals surface area contributed by atoms with Crippen molar-refractivity contribution in [3.63, 3.8) is 0 Å². The van der Waals surface area contributed by atoms with E-state index in [-0.39, 0.29) is 0 Å². The zero-order valence-electron chi connectivity index (χ0n) is 12.5. The van der Waals surface area contributed by atoms with Gasteiger partial charge in [-0.1, -0.05) is 24.8 Å². The van der Waals surface area contributed by atoms with Crippen molar-refractivity contribution < 1.29 is 0 Å². The van der Waals surface area contributed by atoms with Crippen LogP contribution in [0.15, 0.2) is 12.1 Å². The first-order chi connectivity index (χ1) is 9.78. The Balaban J connectivity index is 1.59. The Morgan fingerprint density at radius 1 is 1.40 bits per heavy atom. The number of hydrogen-bond donors (Lipinski definition) is 2. The Kier molecular flexibility index (Phi) is 4.44. The SMILES string of the molecule is Cc1c(CC2CN(CCNN)C2)ccc2c1C[B]CC2. The van der Waals surface area contributed by atoms with Gasteiger partial charge in [-0.05, 0) is 47.9 Å². The standard InChI is InChI=1S/C16H25BN3/c1-12-15(3-2-14-4-5-17-9-16(12)14)8-13-10-20(11-13)7-6-19-18/h2-3,13,19H,4-11,18H2,1H3. The molecule has 20 heavy (non-hydrogen) atoms. The van der Waals surface area contributed by atoms with E-state index in [0.29, 0.717) is 0 Å². The highest BCUT2D eigenvalue weighted by Crippen LogP contribution is 2.27. The van der Waals surface area contributed by atoms with Crippen LogP contribution in [-0.4, -0.2) is 38.4 Å². The van der Waals surface area contributed by atoms with E-state index in [1.54, 1.807) is 22.3 Å². The molecule has 0 unspecified atom stereocenters. The Bertz CT molecular complexity index is 469. The number of nitrogens with zero attached hydrogens (tertiary/aromatic N) is 1. The smallest absolute Gasteiger partial charge is 0.115 e. The zero-order valence-corrected chi connectivity index (χ0v) is 12.5. The first kappa shape index (κ1) is 14.1. The van der Waals surface area contributed by atoms with Crippen LogP contribution in [0, 0.1) is 12.8 Å². The third kappa shape index (κ3) is 2.92. The predicted octanol–water partition coefficient (Wildman–Crippen LogP) is 1.11. The Hall–Kier alpha value is -0.835. The molecule has 1 saturated heterocycles. The lowest BCUT2D eigenvalue weighted by atomic mass is 9.61. The van der Waals surface area contributed by atoms with Crippen LogP contribution in [0.2, 0.25) is 6.32 Å². The fraction of sp³-hybridized carbons (Fsp3) is 0.625. The molecule has 107 valence electrons. The highest BCUT2D eigenvalue weighted by atomic mass is 15.3. The van der Waals surface area contributed by atoms with Crippen LogP contribution < -0.4 is 11.3 Å².